The molecule has 0 aromatic heterocycles. The Hall–Kier alpha value is -1.92. The Kier molecular flexibility index (Phi) is 3.65. The Morgan fingerprint density at radius 1 is 1.10 bits per heavy atom. The summed E-state index contributed by atoms with van der Waals surface area (Å²) in [7, 11) is -3.64. The summed E-state index contributed by atoms with van der Waals surface area (Å²) in [4.78, 5) is 0.0720. The summed E-state index contributed by atoms with van der Waals surface area (Å²) in [6.45, 7) is 0.525. The fraction of sp³-hybridized carbons (Fsp3) is 0.200. The van der Waals surface area contributed by atoms with Crippen molar-refractivity contribution < 1.29 is 12.8 Å². The van der Waals surface area contributed by atoms with Crippen molar-refractivity contribution in [2.45, 2.75) is 17.4 Å². The predicted molar refractivity (Wildman–Crippen MR) is 79.1 cm³/mol. The topological polar surface area (TPSA) is 58.2 Å². The highest BCUT2D eigenvalue weighted by Crippen LogP contribution is 2.22. The van der Waals surface area contributed by atoms with Gasteiger partial charge in [0.25, 0.3) is 0 Å². The predicted octanol–water partition coefficient (Wildman–Crippen LogP) is 2.14. The molecule has 1 aliphatic rings. The lowest BCUT2D eigenvalue weighted by Crippen LogP contribution is -2.43. The van der Waals surface area contributed by atoms with Gasteiger partial charge in [-0.05, 0) is 42.3 Å². The first-order chi connectivity index (χ1) is 10.0. The zero-order chi connectivity index (χ0) is 14.9. The standard InChI is InChI=1S/C15H15FN2O2S/c16-12-5-7-14(8-6-12)21(19,20)18-13-9-11-3-1-2-4-15(11)17-10-13/h1-8,13,17-18H,9-10H2. The SMILES string of the molecule is O=S(=O)(NC1CNc2ccccc2C1)c1ccc(F)cc1. The number of para-hydroxylation sites is 1. The zero-order valence-electron chi connectivity index (χ0n) is 11.2. The number of hydrogen-bond acceptors (Lipinski definition) is 3. The summed E-state index contributed by atoms with van der Waals surface area (Å²) >= 11 is 0. The Labute approximate surface area is 123 Å². The molecule has 21 heavy (non-hydrogen) atoms. The van der Waals surface area contributed by atoms with Gasteiger partial charge in [-0.1, -0.05) is 18.2 Å². The third-order valence-corrected chi connectivity index (χ3v) is 5.00. The smallest absolute Gasteiger partial charge is 0.240 e. The highest BCUT2D eigenvalue weighted by atomic mass is 32.2. The van der Waals surface area contributed by atoms with Crippen molar-refractivity contribution in [3.63, 3.8) is 0 Å². The number of benzene rings is 2. The molecule has 4 nitrogen and oxygen atoms in total. The number of hydrogen-bond donors (Lipinski definition) is 2. The van der Waals surface area contributed by atoms with Crippen molar-refractivity contribution in [1.82, 2.24) is 4.72 Å². The molecule has 0 amide bonds. The number of sulfonamides is 1. The number of halogens is 1. The average molecular weight is 306 g/mol. The maximum absolute atomic E-state index is 12.9. The molecule has 110 valence electrons. The quantitative estimate of drug-likeness (QED) is 0.913. The number of nitrogens with one attached hydrogen (secondary N) is 2. The van der Waals surface area contributed by atoms with Crippen LogP contribution in [0.5, 0.6) is 0 Å². The molecule has 2 aromatic rings. The second-order valence-corrected chi connectivity index (χ2v) is 6.73. The highest BCUT2D eigenvalue weighted by molar-refractivity contribution is 7.89. The second kappa shape index (κ2) is 5.46. The molecule has 0 radical (unpaired) electrons. The molecule has 1 heterocycles. The number of rotatable bonds is 3. The third-order valence-electron chi connectivity index (χ3n) is 3.47. The fourth-order valence-corrected chi connectivity index (χ4v) is 3.66. The van der Waals surface area contributed by atoms with Gasteiger partial charge in [0, 0.05) is 18.3 Å². The van der Waals surface area contributed by atoms with Gasteiger partial charge >= 0.3 is 0 Å². The molecule has 0 aliphatic carbocycles. The highest BCUT2D eigenvalue weighted by Gasteiger charge is 2.23. The van der Waals surface area contributed by atoms with Crippen LogP contribution >= 0.6 is 0 Å². The lowest BCUT2D eigenvalue weighted by molar-refractivity contribution is 0.548. The summed E-state index contributed by atoms with van der Waals surface area (Å²) in [6, 6.07) is 12.4. The van der Waals surface area contributed by atoms with E-state index in [9.17, 15) is 12.8 Å². The summed E-state index contributed by atoms with van der Waals surface area (Å²) in [6.07, 6.45) is 0.629. The molecule has 1 aliphatic heterocycles. The molecule has 2 N–H and O–H groups in total. The van der Waals surface area contributed by atoms with Gasteiger partial charge in [-0.2, -0.15) is 0 Å². The summed E-state index contributed by atoms with van der Waals surface area (Å²) in [5, 5.41) is 3.21. The van der Waals surface area contributed by atoms with Gasteiger partial charge in [0.1, 0.15) is 5.82 Å². The summed E-state index contributed by atoms with van der Waals surface area (Å²) in [5.74, 6) is -0.456. The van der Waals surface area contributed by atoms with Crippen LogP contribution in [0.4, 0.5) is 10.1 Å². The van der Waals surface area contributed by atoms with Crippen LogP contribution in [0, 0.1) is 5.82 Å². The summed E-state index contributed by atoms with van der Waals surface area (Å²) in [5.41, 5.74) is 2.12. The lowest BCUT2D eigenvalue weighted by Gasteiger charge is -2.26. The van der Waals surface area contributed by atoms with Crippen molar-refractivity contribution in [2.75, 3.05) is 11.9 Å². The van der Waals surface area contributed by atoms with E-state index < -0.39 is 15.8 Å². The maximum atomic E-state index is 12.9. The first kappa shape index (κ1) is 14.0. The molecule has 0 spiro atoms. The molecule has 1 atom stereocenters. The van der Waals surface area contributed by atoms with Crippen molar-refractivity contribution in [2.24, 2.45) is 0 Å². The Morgan fingerprint density at radius 3 is 2.57 bits per heavy atom. The van der Waals surface area contributed by atoms with Crippen LogP contribution in [0.1, 0.15) is 5.56 Å². The number of fused-ring (bicyclic) bond motifs is 1. The van der Waals surface area contributed by atoms with Gasteiger partial charge in [0.15, 0.2) is 0 Å². The molecule has 6 heteroatoms. The molecular weight excluding hydrogens is 291 g/mol. The van der Waals surface area contributed by atoms with Gasteiger partial charge in [0.05, 0.1) is 4.90 Å². The van der Waals surface area contributed by atoms with E-state index in [0.29, 0.717) is 13.0 Å². The van der Waals surface area contributed by atoms with E-state index in [1.54, 1.807) is 0 Å². The first-order valence-electron chi connectivity index (χ1n) is 6.64. The van der Waals surface area contributed by atoms with Crippen LogP contribution in [0.15, 0.2) is 53.4 Å². The van der Waals surface area contributed by atoms with E-state index in [0.717, 1.165) is 23.4 Å². The van der Waals surface area contributed by atoms with Crippen molar-refractivity contribution in [3.05, 3.63) is 59.9 Å². The van der Waals surface area contributed by atoms with E-state index in [2.05, 4.69) is 10.0 Å². The molecule has 0 fully saturated rings. The van der Waals surface area contributed by atoms with Gasteiger partial charge in [-0.3, -0.25) is 0 Å². The van der Waals surface area contributed by atoms with Crippen LogP contribution < -0.4 is 10.0 Å². The first-order valence-corrected chi connectivity index (χ1v) is 8.12. The minimum absolute atomic E-state index is 0.0720. The van der Waals surface area contributed by atoms with E-state index in [1.165, 1.54) is 12.1 Å². The van der Waals surface area contributed by atoms with E-state index in [-0.39, 0.29) is 10.9 Å². The van der Waals surface area contributed by atoms with Crippen LogP contribution in [-0.2, 0) is 16.4 Å². The van der Waals surface area contributed by atoms with Gasteiger partial charge in [0.2, 0.25) is 10.0 Å². The molecule has 0 saturated heterocycles. The molecule has 0 saturated carbocycles. The number of anilines is 1. The molecule has 1 unspecified atom stereocenters. The van der Waals surface area contributed by atoms with Crippen LogP contribution in [0.3, 0.4) is 0 Å². The van der Waals surface area contributed by atoms with Crippen molar-refractivity contribution in [3.8, 4) is 0 Å². The average Bonchev–Trinajstić information content (AvgIpc) is 2.47. The van der Waals surface area contributed by atoms with Gasteiger partial charge in [-0.25, -0.2) is 17.5 Å². The minimum Gasteiger partial charge on any atom is -0.383 e. The molecule has 3 rings (SSSR count). The zero-order valence-corrected chi connectivity index (χ0v) is 12.0. The molecule has 0 bridgehead atoms. The normalized spacial score (nSPS) is 17.9. The van der Waals surface area contributed by atoms with Gasteiger partial charge < -0.3 is 5.32 Å². The molecular formula is C15H15FN2O2S. The second-order valence-electron chi connectivity index (χ2n) is 5.01. The minimum atomic E-state index is -3.64. The largest absolute Gasteiger partial charge is 0.383 e. The summed E-state index contributed by atoms with van der Waals surface area (Å²) < 4.78 is 40.1. The molecule has 2 aromatic carbocycles. The Bertz CT molecular complexity index is 745. The Balaban J connectivity index is 1.77. The maximum Gasteiger partial charge on any atom is 0.240 e. The third kappa shape index (κ3) is 3.06. The monoisotopic (exact) mass is 306 g/mol. The van der Waals surface area contributed by atoms with Crippen molar-refractivity contribution >= 4 is 15.7 Å². The van der Waals surface area contributed by atoms with Crippen molar-refractivity contribution in [1.29, 1.82) is 0 Å². The van der Waals surface area contributed by atoms with Crippen LogP contribution in [0.25, 0.3) is 0 Å². The fourth-order valence-electron chi connectivity index (χ4n) is 2.43. The van der Waals surface area contributed by atoms with Gasteiger partial charge in [-0.15, -0.1) is 0 Å². The van der Waals surface area contributed by atoms with E-state index >= 15 is 0 Å². The van der Waals surface area contributed by atoms with E-state index in [4.69, 9.17) is 0 Å². The van der Waals surface area contributed by atoms with E-state index in [1.807, 2.05) is 24.3 Å². The van der Waals surface area contributed by atoms with Crippen LogP contribution in [-0.4, -0.2) is 21.0 Å². The lowest BCUT2D eigenvalue weighted by atomic mass is 10.0. The Morgan fingerprint density at radius 2 is 1.81 bits per heavy atom. The van der Waals surface area contributed by atoms with Crippen LogP contribution in [0.2, 0.25) is 0 Å².